The molecule has 0 bridgehead atoms. The average molecular weight is 351 g/mol. The van der Waals surface area contributed by atoms with E-state index in [1.54, 1.807) is 25.2 Å². The highest BCUT2D eigenvalue weighted by atomic mass is 16.5. The molecule has 0 atom stereocenters. The van der Waals surface area contributed by atoms with Crippen LogP contribution in [0.4, 0.5) is 5.69 Å². The first kappa shape index (κ1) is 17.5. The number of methoxy groups -OCH3 is 1. The Bertz CT molecular complexity index is 976. The quantitative estimate of drug-likeness (QED) is 0.741. The van der Waals surface area contributed by atoms with E-state index in [-0.39, 0.29) is 11.8 Å². The van der Waals surface area contributed by atoms with Gasteiger partial charge in [0, 0.05) is 30.1 Å². The van der Waals surface area contributed by atoms with Gasteiger partial charge in [0.2, 0.25) is 0 Å². The summed E-state index contributed by atoms with van der Waals surface area (Å²) in [4.78, 5) is 24.8. The summed E-state index contributed by atoms with van der Waals surface area (Å²) in [5.74, 6) is 0.00592. The maximum absolute atomic E-state index is 12.9. The fourth-order valence-electron chi connectivity index (χ4n) is 3.02. The number of aryl methyl sites for hydroxylation is 1. The van der Waals surface area contributed by atoms with Crippen LogP contribution in [0.1, 0.15) is 27.8 Å². The first-order valence-electron chi connectivity index (χ1n) is 8.38. The molecule has 3 rings (SSSR count). The second kappa shape index (κ2) is 7.31. The van der Waals surface area contributed by atoms with Gasteiger partial charge in [-0.3, -0.25) is 9.59 Å². The van der Waals surface area contributed by atoms with Crippen molar-refractivity contribution in [1.29, 1.82) is 0 Å². The van der Waals surface area contributed by atoms with E-state index in [0.717, 1.165) is 10.9 Å². The molecule has 6 nitrogen and oxygen atoms in total. The van der Waals surface area contributed by atoms with Crippen molar-refractivity contribution in [2.24, 2.45) is 0 Å². The first-order chi connectivity index (χ1) is 12.6. The number of anilines is 1. The van der Waals surface area contributed by atoms with Crippen LogP contribution in [-0.4, -0.2) is 30.5 Å². The molecule has 1 aromatic heterocycles. The third-order valence-corrected chi connectivity index (χ3v) is 4.30. The summed E-state index contributed by atoms with van der Waals surface area (Å²) in [6.07, 6.45) is 0. The zero-order chi connectivity index (χ0) is 18.7. The van der Waals surface area contributed by atoms with Gasteiger partial charge in [-0.15, -0.1) is 0 Å². The number of carbonyl (C=O) groups excluding carboxylic acids is 2. The van der Waals surface area contributed by atoms with Gasteiger partial charge in [0.1, 0.15) is 11.4 Å². The van der Waals surface area contributed by atoms with E-state index >= 15 is 0 Å². The lowest BCUT2D eigenvalue weighted by atomic mass is 10.1. The van der Waals surface area contributed by atoms with Crippen molar-refractivity contribution in [3.05, 3.63) is 59.8 Å². The Hall–Kier alpha value is -3.28. The molecule has 0 unspecified atom stereocenters. The molecule has 6 heteroatoms. The lowest BCUT2D eigenvalue weighted by Gasteiger charge is -2.13. The number of fused-ring (bicyclic) bond motifs is 1. The summed E-state index contributed by atoms with van der Waals surface area (Å²) >= 11 is 0. The summed E-state index contributed by atoms with van der Waals surface area (Å²) in [7, 11) is 3.08. The normalized spacial score (nSPS) is 10.6. The number of benzene rings is 2. The molecule has 0 saturated carbocycles. The molecule has 2 amide bonds. The highest BCUT2D eigenvalue weighted by molar-refractivity contribution is 6.07. The highest BCUT2D eigenvalue weighted by Crippen LogP contribution is 2.27. The minimum absolute atomic E-state index is 0.231. The van der Waals surface area contributed by atoms with Crippen LogP contribution in [0.25, 0.3) is 10.9 Å². The topological polar surface area (TPSA) is 72.4 Å². The van der Waals surface area contributed by atoms with Crippen LogP contribution in [0.3, 0.4) is 0 Å². The zero-order valence-electron chi connectivity index (χ0n) is 15.0. The van der Waals surface area contributed by atoms with Crippen LogP contribution in [0.2, 0.25) is 0 Å². The van der Waals surface area contributed by atoms with Gasteiger partial charge >= 0.3 is 0 Å². The lowest BCUT2D eigenvalue weighted by molar-refractivity contribution is 0.0961. The number of hydrogen-bond acceptors (Lipinski definition) is 3. The Morgan fingerprint density at radius 2 is 1.85 bits per heavy atom. The van der Waals surface area contributed by atoms with Crippen molar-refractivity contribution in [3.8, 4) is 5.75 Å². The number of nitrogens with one attached hydrogen (secondary N) is 2. The summed E-state index contributed by atoms with van der Waals surface area (Å²) < 4.78 is 7.27. The monoisotopic (exact) mass is 351 g/mol. The molecule has 0 fully saturated rings. The van der Waals surface area contributed by atoms with E-state index in [1.807, 2.05) is 41.8 Å². The SMILES string of the molecule is CCn1c(C(=O)Nc2cc(C(=O)NC)ccc2OC)cc2ccccc21. The summed E-state index contributed by atoms with van der Waals surface area (Å²) in [6, 6.07) is 14.6. The second-order valence-electron chi connectivity index (χ2n) is 5.78. The van der Waals surface area contributed by atoms with Crippen molar-refractivity contribution in [3.63, 3.8) is 0 Å². The molecule has 0 aliphatic carbocycles. The molecule has 26 heavy (non-hydrogen) atoms. The Morgan fingerprint density at radius 1 is 1.08 bits per heavy atom. The van der Waals surface area contributed by atoms with Gasteiger partial charge < -0.3 is 19.9 Å². The highest BCUT2D eigenvalue weighted by Gasteiger charge is 2.17. The molecule has 0 radical (unpaired) electrons. The van der Waals surface area contributed by atoms with Crippen LogP contribution in [0.15, 0.2) is 48.5 Å². The molecule has 0 saturated heterocycles. The van der Waals surface area contributed by atoms with Crippen molar-refractivity contribution < 1.29 is 14.3 Å². The van der Waals surface area contributed by atoms with Gasteiger partial charge in [0.25, 0.3) is 11.8 Å². The Morgan fingerprint density at radius 3 is 2.54 bits per heavy atom. The van der Waals surface area contributed by atoms with E-state index in [9.17, 15) is 9.59 Å². The van der Waals surface area contributed by atoms with Gasteiger partial charge in [-0.05, 0) is 37.3 Å². The summed E-state index contributed by atoms with van der Waals surface area (Å²) in [6.45, 7) is 2.67. The van der Waals surface area contributed by atoms with E-state index in [4.69, 9.17) is 4.74 Å². The number of carbonyl (C=O) groups is 2. The van der Waals surface area contributed by atoms with Crippen LogP contribution in [0, 0.1) is 0 Å². The van der Waals surface area contributed by atoms with Crippen molar-refractivity contribution in [2.75, 3.05) is 19.5 Å². The Kier molecular flexibility index (Phi) is 4.93. The standard InChI is InChI=1S/C20H21N3O3/c1-4-23-16-8-6-5-7-13(16)12-17(23)20(25)22-15-11-14(19(24)21-2)9-10-18(15)26-3/h5-12H,4H2,1-3H3,(H,21,24)(H,22,25). The minimum atomic E-state index is -0.254. The molecular formula is C20H21N3O3. The number of nitrogens with zero attached hydrogens (tertiary/aromatic N) is 1. The van der Waals surface area contributed by atoms with Gasteiger partial charge in [-0.2, -0.15) is 0 Å². The Labute approximate surface area is 151 Å². The second-order valence-corrected chi connectivity index (χ2v) is 5.78. The maximum Gasteiger partial charge on any atom is 0.272 e. The smallest absolute Gasteiger partial charge is 0.272 e. The molecule has 0 aliphatic heterocycles. The van der Waals surface area contributed by atoms with Crippen LogP contribution < -0.4 is 15.4 Å². The molecule has 1 heterocycles. The summed E-state index contributed by atoms with van der Waals surface area (Å²) in [5, 5.41) is 6.44. The predicted molar refractivity (Wildman–Crippen MR) is 102 cm³/mol. The zero-order valence-corrected chi connectivity index (χ0v) is 15.0. The molecule has 134 valence electrons. The summed E-state index contributed by atoms with van der Waals surface area (Å²) in [5.41, 5.74) is 2.46. The first-order valence-corrected chi connectivity index (χ1v) is 8.38. The van der Waals surface area contributed by atoms with Gasteiger partial charge in [-0.1, -0.05) is 18.2 Å². The lowest BCUT2D eigenvalue weighted by Crippen LogP contribution is -2.20. The maximum atomic E-state index is 12.9. The van der Waals surface area contributed by atoms with Crippen molar-refractivity contribution >= 4 is 28.4 Å². The fraction of sp³-hybridized carbons (Fsp3) is 0.200. The largest absolute Gasteiger partial charge is 0.495 e. The molecule has 3 aromatic rings. The van der Waals surface area contributed by atoms with Crippen LogP contribution in [0.5, 0.6) is 5.75 Å². The van der Waals surface area contributed by atoms with Crippen molar-refractivity contribution in [2.45, 2.75) is 13.5 Å². The van der Waals surface area contributed by atoms with E-state index in [2.05, 4.69) is 10.6 Å². The molecule has 0 spiro atoms. The van der Waals surface area contributed by atoms with E-state index in [0.29, 0.717) is 29.2 Å². The van der Waals surface area contributed by atoms with E-state index < -0.39 is 0 Å². The van der Waals surface area contributed by atoms with Gasteiger partial charge in [-0.25, -0.2) is 0 Å². The number of rotatable bonds is 5. The molecule has 2 aromatic carbocycles. The van der Waals surface area contributed by atoms with Crippen LogP contribution in [-0.2, 0) is 6.54 Å². The predicted octanol–water partition coefficient (Wildman–Crippen LogP) is 3.28. The van der Waals surface area contributed by atoms with Crippen molar-refractivity contribution in [1.82, 2.24) is 9.88 Å². The third-order valence-electron chi connectivity index (χ3n) is 4.30. The number of amides is 2. The number of hydrogen-bond donors (Lipinski definition) is 2. The molecular weight excluding hydrogens is 330 g/mol. The minimum Gasteiger partial charge on any atom is -0.495 e. The number of aromatic nitrogens is 1. The van der Waals surface area contributed by atoms with E-state index in [1.165, 1.54) is 7.11 Å². The van der Waals surface area contributed by atoms with Crippen LogP contribution >= 0.6 is 0 Å². The third kappa shape index (κ3) is 3.13. The van der Waals surface area contributed by atoms with Gasteiger partial charge in [0.05, 0.1) is 12.8 Å². The molecule has 2 N–H and O–H groups in total. The van der Waals surface area contributed by atoms with Gasteiger partial charge in [0.15, 0.2) is 0 Å². The number of para-hydroxylation sites is 1. The average Bonchev–Trinajstić information content (AvgIpc) is 3.06. The fourth-order valence-corrected chi connectivity index (χ4v) is 3.02. The Balaban J connectivity index is 1.99. The molecule has 0 aliphatic rings. The number of ether oxygens (including phenoxy) is 1.